The number of benzene rings is 2. The summed E-state index contributed by atoms with van der Waals surface area (Å²) in [6, 6.07) is 17.5. The fraction of sp³-hybridized carbons (Fsp3) is 0.125. The maximum Gasteiger partial charge on any atom is 0.282 e. The summed E-state index contributed by atoms with van der Waals surface area (Å²) in [5, 5.41) is 7.67. The smallest absolute Gasteiger partial charge is 0.282 e. The van der Waals surface area contributed by atoms with Gasteiger partial charge in [-0.05, 0) is 54.8 Å². The molecule has 1 aromatic heterocycles. The molecule has 0 atom stereocenters. The molecule has 0 aliphatic carbocycles. The van der Waals surface area contributed by atoms with Crippen molar-refractivity contribution in [3.63, 3.8) is 0 Å². The van der Waals surface area contributed by atoms with Gasteiger partial charge in [0.25, 0.3) is 11.8 Å². The van der Waals surface area contributed by atoms with Crippen LogP contribution in [-0.4, -0.2) is 24.3 Å². The van der Waals surface area contributed by atoms with Crippen molar-refractivity contribution in [3.8, 4) is 5.75 Å². The number of nitrogens with one attached hydrogen (secondary N) is 2. The molecule has 3 amide bonds. The Morgan fingerprint density at radius 2 is 1.78 bits per heavy atom. The van der Waals surface area contributed by atoms with E-state index >= 15 is 0 Å². The predicted molar refractivity (Wildman–Crippen MR) is 126 cm³/mol. The second-order valence-electron chi connectivity index (χ2n) is 6.99. The van der Waals surface area contributed by atoms with Gasteiger partial charge in [0.1, 0.15) is 11.4 Å². The summed E-state index contributed by atoms with van der Waals surface area (Å²) in [4.78, 5) is 39.9. The molecule has 1 aliphatic rings. The summed E-state index contributed by atoms with van der Waals surface area (Å²) in [5.41, 5.74) is 2.17. The van der Waals surface area contributed by atoms with Crippen LogP contribution >= 0.6 is 11.3 Å². The van der Waals surface area contributed by atoms with Crippen LogP contribution in [0.15, 0.2) is 71.7 Å². The van der Waals surface area contributed by atoms with Crippen molar-refractivity contribution in [1.29, 1.82) is 0 Å². The summed E-state index contributed by atoms with van der Waals surface area (Å²) >= 11 is 1.39. The molecule has 2 N–H and O–H groups in total. The Labute approximate surface area is 189 Å². The van der Waals surface area contributed by atoms with Crippen LogP contribution in [0.5, 0.6) is 5.75 Å². The third-order valence-electron chi connectivity index (χ3n) is 4.71. The molecule has 0 saturated heterocycles. The highest BCUT2D eigenvalue weighted by molar-refractivity contribution is 7.11. The van der Waals surface area contributed by atoms with Gasteiger partial charge in [0.2, 0.25) is 5.91 Å². The topological polar surface area (TPSA) is 87.7 Å². The zero-order valence-electron chi connectivity index (χ0n) is 17.5. The molecule has 162 valence electrons. The minimum absolute atomic E-state index is 0.200. The lowest BCUT2D eigenvalue weighted by molar-refractivity contribution is -0.120. The van der Waals surface area contributed by atoms with E-state index in [2.05, 4.69) is 10.6 Å². The third kappa shape index (κ3) is 4.26. The van der Waals surface area contributed by atoms with E-state index in [1.54, 1.807) is 30.3 Å². The lowest BCUT2D eigenvalue weighted by Gasteiger charge is -2.16. The average Bonchev–Trinajstić information content (AvgIpc) is 3.36. The van der Waals surface area contributed by atoms with Gasteiger partial charge in [0.15, 0.2) is 0 Å². The molecule has 7 nitrogen and oxygen atoms in total. The van der Waals surface area contributed by atoms with Crippen LogP contribution in [0.2, 0.25) is 0 Å². The monoisotopic (exact) mass is 447 g/mol. The lowest BCUT2D eigenvalue weighted by Crippen LogP contribution is -2.32. The van der Waals surface area contributed by atoms with E-state index in [1.165, 1.54) is 18.3 Å². The van der Waals surface area contributed by atoms with Gasteiger partial charge in [0.05, 0.1) is 17.9 Å². The minimum Gasteiger partial charge on any atom is -0.494 e. The maximum absolute atomic E-state index is 13.4. The van der Waals surface area contributed by atoms with Crippen LogP contribution in [0.3, 0.4) is 0 Å². The largest absolute Gasteiger partial charge is 0.494 e. The SMILES string of the molecule is CCOc1cccc(NC2=C(c3cccs3)C(=O)N(c3ccc(NC(C)=O)cc3)C2=O)c1. The van der Waals surface area contributed by atoms with Crippen molar-refractivity contribution in [3.05, 3.63) is 76.6 Å². The Morgan fingerprint density at radius 1 is 1.00 bits per heavy atom. The summed E-state index contributed by atoms with van der Waals surface area (Å²) in [6.45, 7) is 3.83. The summed E-state index contributed by atoms with van der Waals surface area (Å²) in [7, 11) is 0. The van der Waals surface area contributed by atoms with E-state index in [-0.39, 0.29) is 11.6 Å². The Hall–Kier alpha value is -3.91. The first-order chi connectivity index (χ1) is 15.5. The fourth-order valence-electron chi connectivity index (χ4n) is 3.40. The van der Waals surface area contributed by atoms with Crippen molar-refractivity contribution in [1.82, 2.24) is 0 Å². The van der Waals surface area contributed by atoms with Gasteiger partial charge in [0, 0.05) is 29.2 Å². The number of amides is 3. The van der Waals surface area contributed by atoms with Crippen LogP contribution in [0.4, 0.5) is 17.1 Å². The molecule has 0 unspecified atom stereocenters. The molecule has 2 heterocycles. The summed E-state index contributed by atoms with van der Waals surface area (Å²) in [5.74, 6) is -0.396. The van der Waals surface area contributed by atoms with Gasteiger partial charge in [-0.25, -0.2) is 4.90 Å². The normalized spacial score (nSPS) is 13.5. The third-order valence-corrected chi connectivity index (χ3v) is 5.60. The van der Waals surface area contributed by atoms with Crippen LogP contribution < -0.4 is 20.3 Å². The first kappa shape index (κ1) is 21.3. The Kier molecular flexibility index (Phi) is 6.04. The number of carbonyl (C=O) groups is 3. The number of rotatable bonds is 7. The number of imide groups is 1. The zero-order valence-corrected chi connectivity index (χ0v) is 18.4. The molecule has 0 spiro atoms. The second-order valence-corrected chi connectivity index (χ2v) is 7.93. The highest BCUT2D eigenvalue weighted by Crippen LogP contribution is 2.36. The molecule has 0 saturated carbocycles. The summed E-state index contributed by atoms with van der Waals surface area (Å²) in [6.07, 6.45) is 0. The van der Waals surface area contributed by atoms with Crippen LogP contribution in [0, 0.1) is 0 Å². The number of carbonyl (C=O) groups excluding carboxylic acids is 3. The highest BCUT2D eigenvalue weighted by atomic mass is 32.1. The molecule has 3 aromatic rings. The van der Waals surface area contributed by atoms with Gasteiger partial charge < -0.3 is 15.4 Å². The van der Waals surface area contributed by atoms with E-state index in [9.17, 15) is 14.4 Å². The van der Waals surface area contributed by atoms with E-state index in [0.29, 0.717) is 39.9 Å². The van der Waals surface area contributed by atoms with Gasteiger partial charge in [-0.3, -0.25) is 14.4 Å². The average molecular weight is 448 g/mol. The zero-order chi connectivity index (χ0) is 22.7. The summed E-state index contributed by atoms with van der Waals surface area (Å²) < 4.78 is 5.54. The number of hydrogen-bond acceptors (Lipinski definition) is 6. The maximum atomic E-state index is 13.4. The first-order valence-electron chi connectivity index (χ1n) is 10.0. The highest BCUT2D eigenvalue weighted by Gasteiger charge is 2.40. The fourth-order valence-corrected chi connectivity index (χ4v) is 4.17. The van der Waals surface area contributed by atoms with E-state index < -0.39 is 11.8 Å². The molecule has 0 fully saturated rings. The quantitative estimate of drug-likeness (QED) is 0.521. The predicted octanol–water partition coefficient (Wildman–Crippen LogP) is 4.50. The number of nitrogens with zero attached hydrogens (tertiary/aromatic N) is 1. The Balaban J connectivity index is 1.70. The van der Waals surface area contributed by atoms with Crippen molar-refractivity contribution < 1.29 is 19.1 Å². The van der Waals surface area contributed by atoms with Crippen LogP contribution in [-0.2, 0) is 14.4 Å². The van der Waals surface area contributed by atoms with Crippen LogP contribution in [0.1, 0.15) is 18.7 Å². The molecule has 1 aliphatic heterocycles. The first-order valence-corrected chi connectivity index (χ1v) is 10.9. The molecular formula is C24H21N3O4S. The van der Waals surface area contributed by atoms with E-state index in [1.807, 2.05) is 42.6 Å². The van der Waals surface area contributed by atoms with E-state index in [0.717, 1.165) is 4.90 Å². The van der Waals surface area contributed by atoms with Crippen molar-refractivity contribution in [2.75, 3.05) is 22.1 Å². The van der Waals surface area contributed by atoms with E-state index in [4.69, 9.17) is 4.74 Å². The van der Waals surface area contributed by atoms with Gasteiger partial charge >= 0.3 is 0 Å². The van der Waals surface area contributed by atoms with Crippen molar-refractivity contribution in [2.24, 2.45) is 0 Å². The van der Waals surface area contributed by atoms with Gasteiger partial charge in [-0.1, -0.05) is 12.1 Å². The molecular weight excluding hydrogens is 426 g/mol. The Morgan fingerprint density at radius 3 is 2.44 bits per heavy atom. The van der Waals surface area contributed by atoms with Crippen LogP contribution in [0.25, 0.3) is 5.57 Å². The molecule has 0 radical (unpaired) electrons. The number of hydrogen-bond donors (Lipinski definition) is 2. The standard InChI is InChI=1S/C24H21N3O4S/c1-3-31-19-7-4-6-17(14-19)26-22-21(20-8-5-13-32-20)23(29)27(24(22)30)18-11-9-16(10-12-18)25-15(2)28/h4-14,26H,3H2,1-2H3,(H,25,28). The Bertz CT molecular complexity index is 1200. The molecule has 2 aromatic carbocycles. The molecule has 32 heavy (non-hydrogen) atoms. The molecule has 0 bridgehead atoms. The van der Waals surface area contributed by atoms with Gasteiger partial charge in [-0.15, -0.1) is 11.3 Å². The van der Waals surface area contributed by atoms with Crippen molar-refractivity contribution in [2.45, 2.75) is 13.8 Å². The lowest BCUT2D eigenvalue weighted by atomic mass is 10.2. The minimum atomic E-state index is -0.451. The number of thiophene rings is 1. The second kappa shape index (κ2) is 9.07. The molecule has 4 rings (SSSR count). The number of ether oxygens (including phenoxy) is 1. The van der Waals surface area contributed by atoms with Gasteiger partial charge in [-0.2, -0.15) is 0 Å². The number of anilines is 3. The van der Waals surface area contributed by atoms with Crippen molar-refractivity contribution >= 4 is 51.7 Å². The molecule has 8 heteroatoms.